The number of hydrogen-bond donors (Lipinski definition) is 0. The van der Waals surface area contributed by atoms with Crippen LogP contribution < -0.4 is 26.8 Å². The van der Waals surface area contributed by atoms with Crippen molar-refractivity contribution in [2.75, 3.05) is 11.4 Å². The van der Waals surface area contributed by atoms with Crippen molar-refractivity contribution in [2.45, 2.75) is 0 Å². The Morgan fingerprint density at radius 2 is 1.16 bits per heavy atom. The summed E-state index contributed by atoms with van der Waals surface area (Å²) in [4.78, 5) is 2.52. The van der Waals surface area contributed by atoms with Gasteiger partial charge in [0.05, 0.1) is 11.0 Å². The normalized spacial score (nSPS) is 12.5. The first kappa shape index (κ1) is 40.0. The van der Waals surface area contributed by atoms with Gasteiger partial charge in [0.2, 0.25) is 0 Å². The summed E-state index contributed by atoms with van der Waals surface area (Å²) in [5.74, 6) is 3.05. The molecule has 10 heteroatoms. The Morgan fingerprint density at radius 1 is 0.571 bits per heavy atom. The minimum absolute atomic E-state index is 0.657. The molecule has 10 aromatic rings. The van der Waals surface area contributed by atoms with E-state index in [0.29, 0.717) is 6.54 Å². The number of anilines is 2. The molecule has 0 saturated heterocycles. The number of benzene rings is 8. The monoisotopic (exact) mass is 800 g/mol. The molecule has 0 saturated carbocycles. The van der Waals surface area contributed by atoms with Crippen molar-refractivity contribution in [1.82, 2.24) is 4.57 Å². The first-order chi connectivity index (χ1) is 30.7. The Kier molecular flexibility index (Phi) is 10.2. The average molecular weight is 800 g/mol. The number of furan rings is 1. The summed E-state index contributed by atoms with van der Waals surface area (Å²) >= 11 is 0. The maximum atomic E-state index is 6.68. The molecule has 2 aromatic heterocycles. The molecule has 63 heavy (non-hydrogen) atoms. The number of nitrogens with zero attached hydrogens (tertiary/aromatic N) is 2. The van der Waals surface area contributed by atoms with Gasteiger partial charge in [0.25, 0.3) is 0 Å². The summed E-state index contributed by atoms with van der Waals surface area (Å²) in [5.41, 5.74) is 20.7. The van der Waals surface area contributed by atoms with Crippen molar-refractivity contribution < 1.29 is 4.42 Å². The van der Waals surface area contributed by atoms with Crippen LogP contribution in [-0.2, 0) is 0 Å². The third-order valence-corrected chi connectivity index (χ3v) is 13.6. The van der Waals surface area contributed by atoms with Gasteiger partial charge in [-0.2, -0.15) is 0 Å². The molecule has 292 valence electrons. The highest BCUT2D eigenvalue weighted by Crippen LogP contribution is 2.40. The second-order valence-corrected chi connectivity index (χ2v) is 17.1. The molecule has 0 spiro atoms. The molecular weight excluding hydrogens is 756 g/mol. The van der Waals surface area contributed by atoms with E-state index < -0.39 is 0 Å². The van der Waals surface area contributed by atoms with Crippen molar-refractivity contribution in [3.05, 3.63) is 174 Å². The van der Waals surface area contributed by atoms with Crippen LogP contribution in [0.4, 0.5) is 11.4 Å². The number of fused-ring (bicyclic) bond motifs is 8. The van der Waals surface area contributed by atoms with Gasteiger partial charge in [0, 0.05) is 50.5 Å². The van der Waals surface area contributed by atoms with Crippen LogP contribution in [0, 0.1) is 12.3 Å². The van der Waals surface area contributed by atoms with E-state index in [0.717, 1.165) is 60.7 Å². The molecule has 0 aliphatic rings. The standard InChI is InChI=1S/C53H43B7N2O/c1-2-39(54)51(62-41-20-10-8-17-35(41)36-18-9-11-21-42(36)62)46(56)40(55)29-61(33-26-23-31(24-27-33)30-13-4-3-5-14-30)52-49(59)47(57)45(48(58)50(52)60)37-19-12-22-43-44(37)38-28-25-32-15-6-7-16-34(32)53(38)63-43/h1,3-28H,29,54-60H2/b46-40-,51-39-. The molecule has 0 amide bonds. The summed E-state index contributed by atoms with van der Waals surface area (Å²) in [5, 5.41) is 7.04. The van der Waals surface area contributed by atoms with Crippen molar-refractivity contribution in [1.29, 1.82) is 0 Å². The van der Waals surface area contributed by atoms with Gasteiger partial charge in [-0.25, -0.2) is 0 Å². The van der Waals surface area contributed by atoms with Crippen molar-refractivity contribution in [3.8, 4) is 34.6 Å². The maximum Gasteiger partial charge on any atom is 0.153 e. The molecule has 0 aliphatic carbocycles. The van der Waals surface area contributed by atoms with Gasteiger partial charge in [-0.05, 0) is 69.5 Å². The number of allylic oxidation sites excluding steroid dienone is 3. The topological polar surface area (TPSA) is 21.3 Å². The quantitative estimate of drug-likeness (QED) is 0.132. The lowest BCUT2D eigenvalue weighted by Gasteiger charge is -2.34. The molecule has 0 atom stereocenters. The zero-order valence-corrected chi connectivity index (χ0v) is 37.1. The zero-order chi connectivity index (χ0) is 43.5. The van der Waals surface area contributed by atoms with Gasteiger partial charge in [0.15, 0.2) is 7.85 Å². The van der Waals surface area contributed by atoms with Crippen LogP contribution in [0.3, 0.4) is 0 Å². The maximum absolute atomic E-state index is 6.68. The van der Waals surface area contributed by atoms with E-state index in [2.05, 4.69) is 228 Å². The first-order valence-electron chi connectivity index (χ1n) is 21.9. The van der Waals surface area contributed by atoms with Gasteiger partial charge in [0.1, 0.15) is 58.2 Å². The molecule has 3 nitrogen and oxygen atoms in total. The Hall–Kier alpha value is -7.09. The highest BCUT2D eigenvalue weighted by molar-refractivity contribution is 6.63. The molecule has 0 aliphatic heterocycles. The fourth-order valence-electron chi connectivity index (χ4n) is 10.0. The molecule has 0 unspecified atom stereocenters. The minimum atomic E-state index is 0.657. The van der Waals surface area contributed by atoms with Crippen LogP contribution >= 0.6 is 0 Å². The van der Waals surface area contributed by atoms with E-state index in [-0.39, 0.29) is 0 Å². The van der Waals surface area contributed by atoms with Gasteiger partial charge in [-0.1, -0.05) is 160 Å². The molecule has 0 bridgehead atoms. The second-order valence-electron chi connectivity index (χ2n) is 17.1. The van der Waals surface area contributed by atoms with Crippen LogP contribution in [0.5, 0.6) is 0 Å². The Labute approximate surface area is 375 Å². The van der Waals surface area contributed by atoms with E-state index in [1.165, 1.54) is 71.4 Å². The van der Waals surface area contributed by atoms with Crippen LogP contribution in [0.2, 0.25) is 0 Å². The summed E-state index contributed by atoms with van der Waals surface area (Å²) < 4.78 is 9.06. The number of hydrogen-bond acceptors (Lipinski definition) is 2. The van der Waals surface area contributed by atoms with E-state index in [9.17, 15) is 0 Å². The van der Waals surface area contributed by atoms with E-state index >= 15 is 0 Å². The molecular formula is C53H43B7N2O. The molecule has 8 aromatic carbocycles. The molecule has 2 heterocycles. The number of terminal acetylenes is 1. The third-order valence-electron chi connectivity index (χ3n) is 13.6. The summed E-state index contributed by atoms with van der Waals surface area (Å²) in [6.45, 7) is 0.657. The number of rotatable bonds is 8. The molecule has 0 fully saturated rings. The predicted molar refractivity (Wildman–Crippen MR) is 292 cm³/mol. The smallest absolute Gasteiger partial charge is 0.153 e. The lowest BCUT2D eigenvalue weighted by molar-refractivity contribution is 0.673. The highest BCUT2D eigenvalue weighted by Gasteiger charge is 2.25. The van der Waals surface area contributed by atoms with Gasteiger partial charge < -0.3 is 13.9 Å². The van der Waals surface area contributed by atoms with E-state index in [1.807, 2.05) is 0 Å². The van der Waals surface area contributed by atoms with Crippen LogP contribution in [0.25, 0.3) is 82.5 Å². The lowest BCUT2D eigenvalue weighted by Crippen LogP contribution is -2.47. The van der Waals surface area contributed by atoms with E-state index in [4.69, 9.17) is 10.8 Å². The fourth-order valence-corrected chi connectivity index (χ4v) is 10.0. The summed E-state index contributed by atoms with van der Waals surface area (Å²) in [6.07, 6.45) is 6.31. The fraction of sp³-hybridized carbons (Fsp3) is 0.0189. The summed E-state index contributed by atoms with van der Waals surface area (Å²) in [7, 11) is 15.8. The Bertz CT molecular complexity index is 3500. The second kappa shape index (κ2) is 16.0. The van der Waals surface area contributed by atoms with Crippen LogP contribution in [-0.4, -0.2) is 66.0 Å². The highest BCUT2D eigenvalue weighted by atomic mass is 16.3. The van der Waals surface area contributed by atoms with Gasteiger partial charge >= 0.3 is 0 Å². The SMILES string of the molecule is B/C(CN(c1ccc(-c2ccccc2)cc1)c1c(B)c(B)c(-c2cccc3oc4c5ccccc5ccc4c23)c(B)c1B)=C(B)/C(=C(/B)C#C)n1c2ccccc2c2ccccc21. The molecule has 0 N–H and O–H groups in total. The van der Waals surface area contributed by atoms with Crippen molar-refractivity contribution in [2.24, 2.45) is 0 Å². The number of aromatic nitrogens is 1. The predicted octanol–water partition coefficient (Wildman–Crippen LogP) is 3.97. The van der Waals surface area contributed by atoms with Crippen molar-refractivity contribution in [3.63, 3.8) is 0 Å². The largest absolute Gasteiger partial charge is 0.455 e. The Morgan fingerprint density at radius 3 is 1.81 bits per heavy atom. The van der Waals surface area contributed by atoms with Crippen LogP contribution in [0.1, 0.15) is 0 Å². The zero-order valence-electron chi connectivity index (χ0n) is 37.1. The van der Waals surface area contributed by atoms with Gasteiger partial charge in [-0.3, -0.25) is 0 Å². The van der Waals surface area contributed by atoms with E-state index in [1.54, 1.807) is 0 Å². The van der Waals surface area contributed by atoms with Crippen molar-refractivity contribution >= 4 is 148 Å². The third kappa shape index (κ3) is 6.58. The average Bonchev–Trinajstić information content (AvgIpc) is 3.88. The summed E-state index contributed by atoms with van der Waals surface area (Å²) in [6, 6.07) is 56.4. The number of para-hydroxylation sites is 2. The van der Waals surface area contributed by atoms with Gasteiger partial charge in [-0.15, -0.1) is 6.42 Å². The minimum Gasteiger partial charge on any atom is -0.455 e. The van der Waals surface area contributed by atoms with Crippen LogP contribution in [0.15, 0.2) is 179 Å². The first-order valence-corrected chi connectivity index (χ1v) is 21.9. The lowest BCUT2D eigenvalue weighted by atomic mass is 9.64. The Balaban J connectivity index is 1.16. The molecule has 0 radical (unpaired) electrons. The molecule has 10 rings (SSSR count).